The van der Waals surface area contributed by atoms with Crippen LogP contribution in [0, 0.1) is 0 Å². The van der Waals surface area contributed by atoms with Crippen LogP contribution in [0.15, 0.2) is 54.6 Å². The SMILES string of the molecule is CCOC(=O)COc1cc(/C(C)=C/C(=O)N(CC)CC)ccc1Oc1ccccc1. The van der Waals surface area contributed by atoms with E-state index in [0.29, 0.717) is 30.3 Å². The Morgan fingerprint density at radius 1 is 0.967 bits per heavy atom. The lowest BCUT2D eigenvalue weighted by Gasteiger charge is -2.17. The van der Waals surface area contributed by atoms with Crippen molar-refractivity contribution in [1.82, 2.24) is 4.90 Å². The van der Waals surface area contributed by atoms with Crippen molar-refractivity contribution in [2.45, 2.75) is 27.7 Å². The number of hydrogen-bond acceptors (Lipinski definition) is 5. The number of carbonyl (C=O) groups is 2. The van der Waals surface area contributed by atoms with Crippen molar-refractivity contribution >= 4 is 17.4 Å². The average Bonchev–Trinajstić information content (AvgIpc) is 2.74. The smallest absolute Gasteiger partial charge is 0.344 e. The number of benzene rings is 2. The molecule has 0 aliphatic rings. The quantitative estimate of drug-likeness (QED) is 0.419. The number of para-hydroxylation sites is 1. The Labute approximate surface area is 178 Å². The number of likely N-dealkylation sites (N-methyl/N-ethyl adjacent to an activating group) is 1. The lowest BCUT2D eigenvalue weighted by molar-refractivity contribution is -0.145. The van der Waals surface area contributed by atoms with Gasteiger partial charge in [-0.3, -0.25) is 4.79 Å². The Bertz CT molecular complexity index is 872. The minimum Gasteiger partial charge on any atom is -0.478 e. The topological polar surface area (TPSA) is 65.1 Å². The predicted octanol–water partition coefficient (Wildman–Crippen LogP) is 4.69. The first kappa shape index (κ1) is 23.0. The van der Waals surface area contributed by atoms with E-state index in [4.69, 9.17) is 14.2 Å². The van der Waals surface area contributed by atoms with E-state index in [0.717, 1.165) is 11.1 Å². The lowest BCUT2D eigenvalue weighted by atomic mass is 10.1. The van der Waals surface area contributed by atoms with Crippen LogP contribution in [0.25, 0.3) is 5.57 Å². The normalized spacial score (nSPS) is 11.0. The summed E-state index contributed by atoms with van der Waals surface area (Å²) in [5.74, 6) is 1.01. The van der Waals surface area contributed by atoms with Crippen LogP contribution in [-0.2, 0) is 14.3 Å². The fraction of sp³-hybridized carbons (Fsp3) is 0.333. The molecule has 6 heteroatoms. The van der Waals surface area contributed by atoms with Gasteiger partial charge in [0.1, 0.15) is 5.75 Å². The van der Waals surface area contributed by atoms with Crippen molar-refractivity contribution in [2.24, 2.45) is 0 Å². The van der Waals surface area contributed by atoms with Crippen LogP contribution in [0.1, 0.15) is 33.3 Å². The molecule has 0 aliphatic heterocycles. The Kier molecular flexibility index (Phi) is 8.94. The van der Waals surface area contributed by atoms with Gasteiger partial charge in [0.2, 0.25) is 5.91 Å². The summed E-state index contributed by atoms with van der Waals surface area (Å²) in [7, 11) is 0. The maximum atomic E-state index is 12.4. The van der Waals surface area contributed by atoms with Crippen LogP contribution < -0.4 is 9.47 Å². The lowest BCUT2D eigenvalue weighted by Crippen LogP contribution is -2.28. The molecule has 30 heavy (non-hydrogen) atoms. The molecular formula is C24H29NO5. The van der Waals surface area contributed by atoms with Crippen LogP contribution in [-0.4, -0.2) is 43.1 Å². The van der Waals surface area contributed by atoms with E-state index >= 15 is 0 Å². The van der Waals surface area contributed by atoms with Crippen LogP contribution in [0.2, 0.25) is 0 Å². The Morgan fingerprint density at radius 2 is 1.67 bits per heavy atom. The van der Waals surface area contributed by atoms with E-state index in [1.807, 2.05) is 57.2 Å². The summed E-state index contributed by atoms with van der Waals surface area (Å²) in [4.78, 5) is 25.9. The summed E-state index contributed by atoms with van der Waals surface area (Å²) in [6, 6.07) is 14.7. The summed E-state index contributed by atoms with van der Waals surface area (Å²) in [6.45, 7) is 8.85. The highest BCUT2D eigenvalue weighted by Gasteiger charge is 2.13. The van der Waals surface area contributed by atoms with Gasteiger partial charge < -0.3 is 19.1 Å². The molecule has 160 valence electrons. The van der Waals surface area contributed by atoms with Gasteiger partial charge in [-0.2, -0.15) is 0 Å². The monoisotopic (exact) mass is 411 g/mol. The van der Waals surface area contributed by atoms with Crippen LogP contribution in [0.3, 0.4) is 0 Å². The third-order valence-corrected chi connectivity index (χ3v) is 4.44. The zero-order valence-corrected chi connectivity index (χ0v) is 18.0. The number of carbonyl (C=O) groups excluding carboxylic acids is 2. The number of hydrogen-bond donors (Lipinski definition) is 0. The van der Waals surface area contributed by atoms with E-state index in [2.05, 4.69) is 0 Å². The van der Waals surface area contributed by atoms with Gasteiger partial charge in [0.25, 0.3) is 0 Å². The van der Waals surface area contributed by atoms with Gasteiger partial charge in [-0.05, 0) is 63.1 Å². The fourth-order valence-electron chi connectivity index (χ4n) is 2.80. The largest absolute Gasteiger partial charge is 0.478 e. The number of allylic oxidation sites excluding steroid dienone is 1. The van der Waals surface area contributed by atoms with Crippen molar-refractivity contribution < 1.29 is 23.8 Å². The molecule has 0 unspecified atom stereocenters. The van der Waals surface area contributed by atoms with Gasteiger partial charge in [-0.25, -0.2) is 4.79 Å². The molecule has 1 amide bonds. The fourth-order valence-corrected chi connectivity index (χ4v) is 2.80. The van der Waals surface area contributed by atoms with E-state index in [1.165, 1.54) is 0 Å². The summed E-state index contributed by atoms with van der Waals surface area (Å²) in [5, 5.41) is 0. The first-order valence-electron chi connectivity index (χ1n) is 10.1. The molecule has 0 heterocycles. The third-order valence-electron chi connectivity index (χ3n) is 4.44. The maximum absolute atomic E-state index is 12.4. The summed E-state index contributed by atoms with van der Waals surface area (Å²) in [5.41, 5.74) is 1.59. The Hall–Kier alpha value is -3.28. The van der Waals surface area contributed by atoms with Gasteiger partial charge in [0.15, 0.2) is 18.1 Å². The molecule has 0 saturated heterocycles. The minimum atomic E-state index is -0.461. The molecule has 2 rings (SSSR count). The summed E-state index contributed by atoms with van der Waals surface area (Å²) >= 11 is 0. The molecule has 0 bridgehead atoms. The standard InChI is InChI=1S/C24H29NO5/c1-5-25(6-2)23(26)15-18(4)19-13-14-21(30-20-11-9-8-10-12-20)22(16-19)29-17-24(27)28-7-3/h8-16H,5-7,17H2,1-4H3/b18-15+. The van der Waals surface area contributed by atoms with E-state index < -0.39 is 5.97 Å². The first-order chi connectivity index (χ1) is 14.5. The van der Waals surface area contributed by atoms with Crippen molar-refractivity contribution in [2.75, 3.05) is 26.3 Å². The molecule has 0 radical (unpaired) electrons. The van der Waals surface area contributed by atoms with Crippen molar-refractivity contribution in [3.05, 3.63) is 60.2 Å². The molecule has 0 saturated carbocycles. The minimum absolute atomic E-state index is 0.0453. The number of esters is 1. The van der Waals surface area contributed by atoms with Gasteiger partial charge in [0, 0.05) is 19.2 Å². The molecule has 0 atom stereocenters. The molecule has 2 aromatic carbocycles. The molecule has 0 aliphatic carbocycles. The molecule has 0 fully saturated rings. The second kappa shape index (κ2) is 11.7. The molecule has 2 aromatic rings. The highest BCUT2D eigenvalue weighted by Crippen LogP contribution is 2.34. The molecule has 0 N–H and O–H groups in total. The van der Waals surface area contributed by atoms with Crippen LogP contribution >= 0.6 is 0 Å². The Morgan fingerprint density at radius 3 is 2.30 bits per heavy atom. The van der Waals surface area contributed by atoms with Crippen molar-refractivity contribution in [3.63, 3.8) is 0 Å². The van der Waals surface area contributed by atoms with Gasteiger partial charge in [0.05, 0.1) is 6.61 Å². The van der Waals surface area contributed by atoms with Gasteiger partial charge in [-0.15, -0.1) is 0 Å². The summed E-state index contributed by atoms with van der Waals surface area (Å²) < 4.78 is 16.5. The predicted molar refractivity (Wildman–Crippen MR) is 117 cm³/mol. The van der Waals surface area contributed by atoms with E-state index in [-0.39, 0.29) is 19.1 Å². The third kappa shape index (κ3) is 6.65. The highest BCUT2D eigenvalue weighted by molar-refractivity contribution is 5.95. The number of rotatable bonds is 10. The van der Waals surface area contributed by atoms with Gasteiger partial charge in [-0.1, -0.05) is 24.3 Å². The Balaban J connectivity index is 2.30. The molecule has 6 nitrogen and oxygen atoms in total. The maximum Gasteiger partial charge on any atom is 0.344 e. The van der Waals surface area contributed by atoms with Crippen molar-refractivity contribution in [1.29, 1.82) is 0 Å². The number of nitrogens with zero attached hydrogens (tertiary/aromatic N) is 1. The van der Waals surface area contributed by atoms with E-state index in [1.54, 1.807) is 30.0 Å². The number of amides is 1. The first-order valence-corrected chi connectivity index (χ1v) is 10.1. The summed E-state index contributed by atoms with van der Waals surface area (Å²) in [6.07, 6.45) is 1.61. The zero-order chi connectivity index (χ0) is 21.9. The highest BCUT2D eigenvalue weighted by atomic mass is 16.6. The van der Waals surface area contributed by atoms with E-state index in [9.17, 15) is 9.59 Å². The van der Waals surface area contributed by atoms with Crippen LogP contribution in [0.4, 0.5) is 0 Å². The molecular weight excluding hydrogens is 382 g/mol. The average molecular weight is 411 g/mol. The number of ether oxygens (including phenoxy) is 3. The second-order valence-corrected chi connectivity index (χ2v) is 6.51. The van der Waals surface area contributed by atoms with Gasteiger partial charge >= 0.3 is 5.97 Å². The van der Waals surface area contributed by atoms with Crippen molar-refractivity contribution in [3.8, 4) is 17.2 Å². The second-order valence-electron chi connectivity index (χ2n) is 6.51. The zero-order valence-electron chi connectivity index (χ0n) is 18.0. The molecule has 0 spiro atoms. The molecule has 0 aromatic heterocycles. The van der Waals surface area contributed by atoms with Crippen LogP contribution in [0.5, 0.6) is 17.2 Å².